The summed E-state index contributed by atoms with van der Waals surface area (Å²) >= 11 is 0. The van der Waals surface area contributed by atoms with Crippen LogP contribution in [0.4, 0.5) is 0 Å². The van der Waals surface area contributed by atoms with Crippen LogP contribution in [0.2, 0.25) is 0 Å². The Balaban J connectivity index is 2.70. The fourth-order valence-corrected chi connectivity index (χ4v) is 5.17. The van der Waals surface area contributed by atoms with Gasteiger partial charge in [-0.05, 0) is 64.1 Å². The van der Waals surface area contributed by atoms with Gasteiger partial charge in [-0.15, -0.1) is 0 Å². The van der Waals surface area contributed by atoms with Crippen molar-refractivity contribution in [2.24, 2.45) is 5.92 Å². The number of hydrogen-bond donors (Lipinski definition) is 3. The number of unbranched alkanes of at least 4 members (excludes halogenated alkanes) is 2. The van der Waals surface area contributed by atoms with E-state index in [1.54, 1.807) is 0 Å². The highest BCUT2D eigenvalue weighted by Gasteiger charge is 2.34. The minimum atomic E-state index is -3.88. The third kappa shape index (κ3) is 4.61. The van der Waals surface area contributed by atoms with Crippen LogP contribution in [0, 0.1) is 5.92 Å². The van der Waals surface area contributed by atoms with Gasteiger partial charge in [-0.25, -0.2) is 13.1 Å². The first-order valence-electron chi connectivity index (χ1n) is 9.97. The summed E-state index contributed by atoms with van der Waals surface area (Å²) < 4.78 is 27.8. The van der Waals surface area contributed by atoms with Crippen molar-refractivity contribution in [3.05, 3.63) is 41.0 Å². The molecular formula is C22H33NO4S. The highest BCUT2D eigenvalue weighted by atomic mass is 32.2. The van der Waals surface area contributed by atoms with E-state index in [-0.39, 0.29) is 33.8 Å². The number of aromatic hydroxyl groups is 2. The molecule has 0 aliphatic heterocycles. The molecule has 0 spiro atoms. The molecule has 6 heteroatoms. The SMILES string of the molecule is C=C(C)C1CCC(C)=CC1c1c(O)cc(CCCCC)c(S(=O)(=O)NC)c1O. The first-order chi connectivity index (χ1) is 13.1. The summed E-state index contributed by atoms with van der Waals surface area (Å²) in [6.45, 7) is 10.1. The lowest BCUT2D eigenvalue weighted by Crippen LogP contribution is -2.22. The average Bonchev–Trinajstić information content (AvgIpc) is 2.61. The third-order valence-corrected chi connectivity index (χ3v) is 7.18. The number of rotatable bonds is 8. The van der Waals surface area contributed by atoms with Crippen LogP contribution < -0.4 is 4.72 Å². The van der Waals surface area contributed by atoms with E-state index in [0.717, 1.165) is 43.3 Å². The first-order valence-corrected chi connectivity index (χ1v) is 11.5. The van der Waals surface area contributed by atoms with Gasteiger partial charge in [0.2, 0.25) is 10.0 Å². The first kappa shape index (κ1) is 22.5. The van der Waals surface area contributed by atoms with Crippen molar-refractivity contribution < 1.29 is 18.6 Å². The van der Waals surface area contributed by atoms with Crippen molar-refractivity contribution in [1.82, 2.24) is 4.72 Å². The Kier molecular flexibility index (Phi) is 7.34. The Morgan fingerprint density at radius 2 is 2.00 bits per heavy atom. The molecule has 1 aliphatic rings. The standard InChI is InChI=1S/C22H33NO4S/c1-6-7-8-9-16-13-19(24)20(21(25)22(16)28(26,27)23-5)18-12-15(4)10-11-17(18)14(2)3/h12-13,17-18,23-25H,2,6-11H2,1,3-5H3. The van der Waals surface area contributed by atoms with Crippen LogP contribution in [0.15, 0.2) is 34.8 Å². The fraction of sp³-hybridized carbons (Fsp3) is 0.545. The number of nitrogens with one attached hydrogen (secondary N) is 1. The molecule has 1 aromatic rings. The van der Waals surface area contributed by atoms with Crippen LogP contribution in [0.3, 0.4) is 0 Å². The Morgan fingerprint density at radius 3 is 2.57 bits per heavy atom. The molecule has 0 radical (unpaired) electrons. The second-order valence-corrected chi connectivity index (χ2v) is 9.66. The maximum Gasteiger partial charge on any atom is 0.244 e. The number of phenolic OH excluding ortho intramolecular Hbond substituents is 2. The van der Waals surface area contributed by atoms with Crippen LogP contribution >= 0.6 is 0 Å². The smallest absolute Gasteiger partial charge is 0.244 e. The van der Waals surface area contributed by atoms with E-state index < -0.39 is 10.0 Å². The van der Waals surface area contributed by atoms with Crippen LogP contribution in [-0.2, 0) is 16.4 Å². The Hall–Kier alpha value is -1.79. The summed E-state index contributed by atoms with van der Waals surface area (Å²) in [6, 6.07) is 1.52. The lowest BCUT2D eigenvalue weighted by Gasteiger charge is -2.32. The van der Waals surface area contributed by atoms with E-state index in [2.05, 4.69) is 18.2 Å². The van der Waals surface area contributed by atoms with Gasteiger partial charge in [-0.3, -0.25) is 0 Å². The van der Waals surface area contributed by atoms with Crippen molar-refractivity contribution in [2.75, 3.05) is 7.05 Å². The number of benzene rings is 1. The van der Waals surface area contributed by atoms with E-state index in [1.165, 1.54) is 13.1 Å². The van der Waals surface area contributed by atoms with E-state index in [9.17, 15) is 18.6 Å². The average molecular weight is 408 g/mol. The van der Waals surface area contributed by atoms with Gasteiger partial charge in [0, 0.05) is 11.5 Å². The molecule has 5 nitrogen and oxygen atoms in total. The van der Waals surface area contributed by atoms with E-state index in [4.69, 9.17) is 0 Å². The van der Waals surface area contributed by atoms with Gasteiger partial charge in [0.05, 0.1) is 0 Å². The lowest BCUT2D eigenvalue weighted by molar-refractivity contribution is 0.397. The number of sulfonamides is 1. The number of phenols is 2. The molecule has 0 heterocycles. The summed E-state index contributed by atoms with van der Waals surface area (Å²) in [6.07, 6.45) is 7.01. The summed E-state index contributed by atoms with van der Waals surface area (Å²) in [7, 11) is -2.55. The van der Waals surface area contributed by atoms with Crippen molar-refractivity contribution in [3.8, 4) is 11.5 Å². The molecule has 2 rings (SSSR count). The molecule has 0 fully saturated rings. The molecule has 0 amide bonds. The van der Waals surface area contributed by atoms with Crippen molar-refractivity contribution >= 4 is 10.0 Å². The van der Waals surface area contributed by atoms with Gasteiger partial charge >= 0.3 is 0 Å². The number of allylic oxidation sites excluding steroid dienone is 3. The van der Waals surface area contributed by atoms with E-state index >= 15 is 0 Å². The quantitative estimate of drug-likeness (QED) is 0.428. The Bertz CT molecular complexity index is 871. The zero-order valence-electron chi connectivity index (χ0n) is 17.4. The zero-order chi connectivity index (χ0) is 21.1. The van der Waals surface area contributed by atoms with E-state index in [0.29, 0.717) is 12.0 Å². The molecule has 28 heavy (non-hydrogen) atoms. The maximum atomic E-state index is 12.7. The topological polar surface area (TPSA) is 86.6 Å². The number of aryl methyl sites for hydroxylation is 1. The molecule has 0 bridgehead atoms. The molecule has 0 saturated heterocycles. The lowest BCUT2D eigenvalue weighted by atomic mass is 9.73. The van der Waals surface area contributed by atoms with Crippen LogP contribution in [0.1, 0.15) is 69.9 Å². The largest absolute Gasteiger partial charge is 0.507 e. The molecule has 156 valence electrons. The van der Waals surface area contributed by atoms with Crippen LogP contribution in [-0.4, -0.2) is 25.7 Å². The molecule has 3 N–H and O–H groups in total. The predicted molar refractivity (Wildman–Crippen MR) is 113 cm³/mol. The summed E-state index contributed by atoms with van der Waals surface area (Å²) in [4.78, 5) is -0.115. The highest BCUT2D eigenvalue weighted by Crippen LogP contribution is 2.49. The molecule has 2 unspecified atom stereocenters. The third-order valence-electron chi connectivity index (χ3n) is 5.65. The summed E-state index contributed by atoms with van der Waals surface area (Å²) in [5, 5.41) is 21.9. The maximum absolute atomic E-state index is 12.7. The Morgan fingerprint density at radius 1 is 1.32 bits per heavy atom. The molecule has 0 saturated carbocycles. The minimum Gasteiger partial charge on any atom is -0.507 e. The fourth-order valence-electron chi connectivity index (χ4n) is 4.09. The predicted octanol–water partition coefficient (Wildman–Crippen LogP) is 4.75. The van der Waals surface area contributed by atoms with Gasteiger partial charge in [0.15, 0.2) is 0 Å². The van der Waals surface area contributed by atoms with Gasteiger partial charge in [0.1, 0.15) is 16.4 Å². The second-order valence-electron chi connectivity index (χ2n) is 7.84. The normalized spacial score (nSPS) is 20.1. The van der Waals surface area contributed by atoms with Crippen molar-refractivity contribution in [3.63, 3.8) is 0 Å². The minimum absolute atomic E-state index is 0.0385. The summed E-state index contributed by atoms with van der Waals surface area (Å²) in [5.41, 5.74) is 2.84. The van der Waals surface area contributed by atoms with Gasteiger partial charge in [0.25, 0.3) is 0 Å². The molecule has 0 aromatic heterocycles. The monoisotopic (exact) mass is 407 g/mol. The molecule has 1 aliphatic carbocycles. The Labute approximate surface area is 169 Å². The van der Waals surface area contributed by atoms with Crippen molar-refractivity contribution in [2.45, 2.75) is 70.1 Å². The van der Waals surface area contributed by atoms with Crippen molar-refractivity contribution in [1.29, 1.82) is 0 Å². The van der Waals surface area contributed by atoms with E-state index in [1.807, 2.05) is 19.9 Å². The van der Waals surface area contributed by atoms with Gasteiger partial charge in [-0.2, -0.15) is 0 Å². The molecule has 2 atom stereocenters. The van der Waals surface area contributed by atoms with Gasteiger partial charge < -0.3 is 10.2 Å². The van der Waals surface area contributed by atoms with Crippen LogP contribution in [0.5, 0.6) is 11.5 Å². The molecule has 1 aromatic carbocycles. The number of hydrogen-bond acceptors (Lipinski definition) is 4. The second kappa shape index (κ2) is 9.14. The zero-order valence-corrected chi connectivity index (χ0v) is 18.2. The molecular weight excluding hydrogens is 374 g/mol. The highest BCUT2D eigenvalue weighted by molar-refractivity contribution is 7.89. The summed E-state index contributed by atoms with van der Waals surface area (Å²) in [5.74, 6) is -0.664. The van der Waals surface area contributed by atoms with Crippen LogP contribution in [0.25, 0.3) is 0 Å². The van der Waals surface area contributed by atoms with Gasteiger partial charge in [-0.1, -0.05) is 43.6 Å².